The van der Waals surface area contributed by atoms with Gasteiger partial charge in [-0.05, 0) is 50.4 Å². The van der Waals surface area contributed by atoms with E-state index in [2.05, 4.69) is 6.58 Å². The molecule has 2 aliphatic carbocycles. The maximum atomic E-state index is 11.3. The molecule has 0 radical (unpaired) electrons. The first-order chi connectivity index (χ1) is 8.68. The summed E-state index contributed by atoms with van der Waals surface area (Å²) in [6, 6.07) is 0. The largest absolute Gasteiger partial charge is 0.462 e. The van der Waals surface area contributed by atoms with Gasteiger partial charge in [-0.1, -0.05) is 32.3 Å². The number of esters is 1. The first-order valence-corrected chi connectivity index (χ1v) is 7.51. The first-order valence-electron chi connectivity index (χ1n) is 7.51. The van der Waals surface area contributed by atoms with Crippen LogP contribution in [0.1, 0.15) is 58.3 Å². The third-order valence-corrected chi connectivity index (χ3v) is 4.80. The van der Waals surface area contributed by atoms with Crippen molar-refractivity contribution in [1.82, 2.24) is 0 Å². The Labute approximate surface area is 111 Å². The molecule has 102 valence electrons. The van der Waals surface area contributed by atoms with Gasteiger partial charge >= 0.3 is 5.97 Å². The van der Waals surface area contributed by atoms with Crippen molar-refractivity contribution in [3.63, 3.8) is 0 Å². The fraction of sp³-hybridized carbons (Fsp3) is 0.812. The zero-order valence-corrected chi connectivity index (χ0v) is 11.6. The summed E-state index contributed by atoms with van der Waals surface area (Å²) in [5.74, 6) is 2.45. The summed E-state index contributed by atoms with van der Waals surface area (Å²) in [4.78, 5) is 11.3. The van der Waals surface area contributed by atoms with E-state index in [4.69, 9.17) is 4.74 Å². The van der Waals surface area contributed by atoms with E-state index < -0.39 is 0 Å². The summed E-state index contributed by atoms with van der Waals surface area (Å²) >= 11 is 0. The van der Waals surface area contributed by atoms with E-state index in [1.807, 2.05) is 0 Å². The van der Waals surface area contributed by atoms with Gasteiger partial charge in [0.15, 0.2) is 0 Å². The number of hydrogen-bond donors (Lipinski definition) is 0. The maximum absolute atomic E-state index is 11.3. The minimum absolute atomic E-state index is 0.231. The second-order valence-corrected chi connectivity index (χ2v) is 6.10. The number of ether oxygens (including phenoxy) is 1. The summed E-state index contributed by atoms with van der Waals surface area (Å²) in [5.41, 5.74) is 0.508. The summed E-state index contributed by atoms with van der Waals surface area (Å²) < 4.78 is 5.24. The molecule has 18 heavy (non-hydrogen) atoms. The van der Waals surface area contributed by atoms with Crippen molar-refractivity contribution in [3.8, 4) is 0 Å². The zero-order chi connectivity index (χ0) is 13.0. The normalized spacial score (nSPS) is 31.5. The highest BCUT2D eigenvalue weighted by atomic mass is 16.5. The summed E-state index contributed by atoms with van der Waals surface area (Å²) in [7, 11) is 0. The predicted molar refractivity (Wildman–Crippen MR) is 73.2 cm³/mol. The van der Waals surface area contributed by atoms with Crippen molar-refractivity contribution in [2.45, 2.75) is 58.3 Å². The highest BCUT2D eigenvalue weighted by molar-refractivity contribution is 5.86. The Kier molecular flexibility index (Phi) is 4.85. The van der Waals surface area contributed by atoms with Crippen molar-refractivity contribution in [2.24, 2.45) is 17.8 Å². The number of hydrogen-bond acceptors (Lipinski definition) is 2. The Morgan fingerprint density at radius 2 is 1.94 bits per heavy atom. The molecule has 0 N–H and O–H groups in total. The Morgan fingerprint density at radius 3 is 2.72 bits per heavy atom. The van der Waals surface area contributed by atoms with Crippen LogP contribution >= 0.6 is 0 Å². The Balaban J connectivity index is 1.76. The monoisotopic (exact) mass is 250 g/mol. The molecule has 0 spiro atoms. The van der Waals surface area contributed by atoms with Crippen LogP contribution in [0.3, 0.4) is 0 Å². The lowest BCUT2D eigenvalue weighted by Gasteiger charge is -2.22. The number of carbonyl (C=O) groups is 1. The summed E-state index contributed by atoms with van der Waals surface area (Å²) in [5, 5.41) is 0. The van der Waals surface area contributed by atoms with Gasteiger partial charge in [-0.15, -0.1) is 0 Å². The topological polar surface area (TPSA) is 26.3 Å². The van der Waals surface area contributed by atoms with E-state index >= 15 is 0 Å². The van der Waals surface area contributed by atoms with E-state index in [-0.39, 0.29) is 5.97 Å². The van der Waals surface area contributed by atoms with E-state index in [0.29, 0.717) is 12.2 Å². The SMILES string of the molecule is C=C(C)C(=O)OCCC1CCC2CCCCCC21. The second kappa shape index (κ2) is 6.40. The molecule has 0 bridgehead atoms. The van der Waals surface area contributed by atoms with Gasteiger partial charge in [0, 0.05) is 5.57 Å². The molecule has 2 fully saturated rings. The minimum Gasteiger partial charge on any atom is -0.462 e. The van der Waals surface area contributed by atoms with Gasteiger partial charge in [-0.2, -0.15) is 0 Å². The van der Waals surface area contributed by atoms with Crippen LogP contribution in [0.25, 0.3) is 0 Å². The third-order valence-electron chi connectivity index (χ3n) is 4.80. The van der Waals surface area contributed by atoms with Gasteiger partial charge in [0.1, 0.15) is 0 Å². The van der Waals surface area contributed by atoms with Gasteiger partial charge in [0.2, 0.25) is 0 Å². The molecular formula is C16H26O2. The van der Waals surface area contributed by atoms with Crippen LogP contribution < -0.4 is 0 Å². The minimum atomic E-state index is -0.231. The van der Waals surface area contributed by atoms with Crippen LogP contribution in [-0.4, -0.2) is 12.6 Å². The molecule has 3 atom stereocenters. The molecule has 2 nitrogen and oxygen atoms in total. The summed E-state index contributed by atoms with van der Waals surface area (Å²) in [6.45, 7) is 5.90. The van der Waals surface area contributed by atoms with Gasteiger partial charge in [-0.25, -0.2) is 4.79 Å². The average molecular weight is 250 g/mol. The predicted octanol–water partition coefficient (Wildman–Crippen LogP) is 4.10. The van der Waals surface area contributed by atoms with Crippen LogP contribution in [0.4, 0.5) is 0 Å². The van der Waals surface area contributed by atoms with Crippen molar-refractivity contribution in [1.29, 1.82) is 0 Å². The van der Waals surface area contributed by atoms with Crippen molar-refractivity contribution in [3.05, 3.63) is 12.2 Å². The molecule has 0 aromatic rings. The number of fused-ring (bicyclic) bond motifs is 1. The molecule has 2 aliphatic rings. The molecule has 0 aliphatic heterocycles. The molecule has 0 saturated heterocycles. The molecule has 2 saturated carbocycles. The van der Waals surface area contributed by atoms with Crippen molar-refractivity contribution >= 4 is 5.97 Å². The van der Waals surface area contributed by atoms with Gasteiger partial charge < -0.3 is 4.74 Å². The van der Waals surface area contributed by atoms with Crippen molar-refractivity contribution < 1.29 is 9.53 Å². The molecule has 2 heteroatoms. The lowest BCUT2D eigenvalue weighted by atomic mass is 9.84. The molecular weight excluding hydrogens is 224 g/mol. The van der Waals surface area contributed by atoms with E-state index in [9.17, 15) is 4.79 Å². The standard InChI is InChI=1S/C16H26O2/c1-12(2)16(17)18-11-10-14-9-8-13-6-4-3-5-7-15(13)14/h13-15H,1,3-11H2,2H3. The molecule has 0 amide bonds. The van der Waals surface area contributed by atoms with Gasteiger partial charge in [-0.3, -0.25) is 0 Å². The summed E-state index contributed by atoms with van der Waals surface area (Å²) in [6.07, 6.45) is 10.9. The quantitative estimate of drug-likeness (QED) is 0.554. The number of carbonyl (C=O) groups excluding carboxylic acids is 1. The average Bonchev–Trinajstić information content (AvgIpc) is 2.59. The Morgan fingerprint density at radius 1 is 1.17 bits per heavy atom. The molecule has 2 rings (SSSR count). The highest BCUT2D eigenvalue weighted by Gasteiger charge is 2.35. The lowest BCUT2D eigenvalue weighted by Crippen LogP contribution is -2.17. The highest BCUT2D eigenvalue weighted by Crippen LogP contribution is 2.46. The third kappa shape index (κ3) is 3.37. The molecule has 0 heterocycles. The second-order valence-electron chi connectivity index (χ2n) is 6.10. The Bertz CT molecular complexity index is 308. The fourth-order valence-corrected chi connectivity index (χ4v) is 3.82. The van der Waals surface area contributed by atoms with Crippen molar-refractivity contribution in [2.75, 3.05) is 6.61 Å². The number of rotatable bonds is 4. The van der Waals surface area contributed by atoms with Crippen LogP contribution in [0.2, 0.25) is 0 Å². The molecule has 3 unspecified atom stereocenters. The van der Waals surface area contributed by atoms with E-state index in [0.717, 1.165) is 24.2 Å². The van der Waals surface area contributed by atoms with Crippen LogP contribution in [0, 0.1) is 17.8 Å². The van der Waals surface area contributed by atoms with Crippen LogP contribution in [-0.2, 0) is 9.53 Å². The molecule has 0 aromatic heterocycles. The van der Waals surface area contributed by atoms with E-state index in [1.165, 1.54) is 44.9 Å². The molecule has 0 aromatic carbocycles. The van der Waals surface area contributed by atoms with E-state index in [1.54, 1.807) is 6.92 Å². The van der Waals surface area contributed by atoms with Crippen LogP contribution in [0.15, 0.2) is 12.2 Å². The smallest absolute Gasteiger partial charge is 0.333 e. The first kappa shape index (κ1) is 13.6. The fourth-order valence-electron chi connectivity index (χ4n) is 3.82. The zero-order valence-electron chi connectivity index (χ0n) is 11.6. The van der Waals surface area contributed by atoms with Gasteiger partial charge in [0.25, 0.3) is 0 Å². The van der Waals surface area contributed by atoms with Crippen LogP contribution in [0.5, 0.6) is 0 Å². The maximum Gasteiger partial charge on any atom is 0.333 e. The Hall–Kier alpha value is -0.790. The van der Waals surface area contributed by atoms with Gasteiger partial charge in [0.05, 0.1) is 6.61 Å². The lowest BCUT2D eigenvalue weighted by molar-refractivity contribution is -0.139.